The first-order valence-corrected chi connectivity index (χ1v) is 22.1. The van der Waals surface area contributed by atoms with E-state index >= 15 is 0 Å². The van der Waals surface area contributed by atoms with E-state index in [9.17, 15) is 34.8 Å². The Balaban J connectivity index is 2.32. The molecule has 0 aliphatic carbocycles. The molecule has 1 rings (SSSR count). The van der Waals surface area contributed by atoms with E-state index in [1.54, 1.807) is 0 Å². The summed E-state index contributed by atoms with van der Waals surface area (Å²) in [5, 5.41) is 39.7. The van der Waals surface area contributed by atoms with Crippen LogP contribution in [0, 0.1) is 0 Å². The second-order valence-corrected chi connectivity index (χ2v) is 15.6. The van der Waals surface area contributed by atoms with Crippen LogP contribution in [0.5, 0.6) is 0 Å². The molecule has 0 aromatic heterocycles. The van der Waals surface area contributed by atoms with Gasteiger partial charge in [-0.05, 0) is 12.8 Å². The summed E-state index contributed by atoms with van der Waals surface area (Å²) in [7, 11) is 0. The highest BCUT2D eigenvalue weighted by Gasteiger charge is 2.47. The van der Waals surface area contributed by atoms with Crippen molar-refractivity contribution in [2.75, 3.05) is 13.2 Å². The fraction of sp³-hybridized carbons (Fsp3) is 0.930. The summed E-state index contributed by atoms with van der Waals surface area (Å²) < 4.78 is 21.7. The SMILES string of the molecule is CCCCCCCCCCCCCCCCCCCCC(=O)OCC(COC1OC(C(=O)O)C(O)C(O)C1O)OC(=O)CCCCCCCCCCCC. The minimum absolute atomic E-state index is 0.189. The summed E-state index contributed by atoms with van der Waals surface area (Å²) >= 11 is 0. The molecule has 1 saturated heterocycles. The monoisotopic (exact) mass is 773 g/mol. The number of carboxylic acids is 1. The van der Waals surface area contributed by atoms with E-state index < -0.39 is 54.7 Å². The van der Waals surface area contributed by atoms with Gasteiger partial charge in [0.25, 0.3) is 0 Å². The largest absolute Gasteiger partial charge is 0.479 e. The van der Waals surface area contributed by atoms with Crippen LogP contribution in [0.4, 0.5) is 0 Å². The van der Waals surface area contributed by atoms with Crippen molar-refractivity contribution in [2.45, 2.75) is 243 Å². The van der Waals surface area contributed by atoms with Gasteiger partial charge >= 0.3 is 17.9 Å². The first kappa shape index (κ1) is 50.2. The van der Waals surface area contributed by atoms with Gasteiger partial charge in [0.15, 0.2) is 18.5 Å². The molecule has 1 aliphatic heterocycles. The molecule has 6 atom stereocenters. The molecule has 1 heterocycles. The van der Waals surface area contributed by atoms with Gasteiger partial charge in [0.05, 0.1) is 6.61 Å². The summed E-state index contributed by atoms with van der Waals surface area (Å²) in [5.41, 5.74) is 0. The molecular formula is C43H80O11. The van der Waals surface area contributed by atoms with Crippen LogP contribution in [0.25, 0.3) is 0 Å². The van der Waals surface area contributed by atoms with Crippen LogP contribution in [0.2, 0.25) is 0 Å². The zero-order valence-electron chi connectivity index (χ0n) is 34.2. The smallest absolute Gasteiger partial charge is 0.335 e. The Morgan fingerprint density at radius 1 is 0.500 bits per heavy atom. The Morgan fingerprint density at radius 3 is 1.26 bits per heavy atom. The molecule has 6 unspecified atom stereocenters. The number of esters is 2. The van der Waals surface area contributed by atoms with E-state index in [0.717, 1.165) is 38.5 Å². The first-order chi connectivity index (χ1) is 26.2. The Morgan fingerprint density at radius 2 is 0.870 bits per heavy atom. The van der Waals surface area contributed by atoms with Gasteiger partial charge in [-0.25, -0.2) is 4.79 Å². The third kappa shape index (κ3) is 26.1. The van der Waals surface area contributed by atoms with Gasteiger partial charge in [0, 0.05) is 12.8 Å². The molecular weight excluding hydrogens is 692 g/mol. The van der Waals surface area contributed by atoms with Crippen molar-refractivity contribution in [1.29, 1.82) is 0 Å². The summed E-state index contributed by atoms with van der Waals surface area (Å²) in [6, 6.07) is 0. The minimum Gasteiger partial charge on any atom is -0.479 e. The normalized spacial score (nSPS) is 20.5. The van der Waals surface area contributed by atoms with E-state index in [4.69, 9.17) is 18.9 Å². The van der Waals surface area contributed by atoms with Gasteiger partial charge in [-0.2, -0.15) is 0 Å². The quantitative estimate of drug-likeness (QED) is 0.0351. The van der Waals surface area contributed by atoms with E-state index in [1.165, 1.54) is 128 Å². The van der Waals surface area contributed by atoms with Crippen LogP contribution in [0.3, 0.4) is 0 Å². The van der Waals surface area contributed by atoms with Crippen molar-refractivity contribution in [2.24, 2.45) is 0 Å². The molecule has 0 bridgehead atoms. The lowest BCUT2D eigenvalue weighted by atomic mass is 9.99. The number of aliphatic carboxylic acids is 1. The zero-order chi connectivity index (χ0) is 39.7. The summed E-state index contributed by atoms with van der Waals surface area (Å²) in [5.74, 6) is -2.43. The molecule has 1 aliphatic rings. The second-order valence-electron chi connectivity index (χ2n) is 15.6. The van der Waals surface area contributed by atoms with E-state index in [2.05, 4.69) is 13.8 Å². The summed E-state index contributed by atoms with van der Waals surface area (Å²) in [6.45, 7) is 3.81. The Labute approximate surface area is 327 Å². The first-order valence-electron chi connectivity index (χ1n) is 22.1. The van der Waals surface area contributed by atoms with Gasteiger partial charge in [0.1, 0.15) is 24.9 Å². The van der Waals surface area contributed by atoms with Crippen LogP contribution in [0.15, 0.2) is 0 Å². The number of carboxylic acid groups (broad SMARTS) is 1. The topological polar surface area (TPSA) is 169 Å². The van der Waals surface area contributed by atoms with E-state index in [-0.39, 0.29) is 26.1 Å². The lowest BCUT2D eigenvalue weighted by Crippen LogP contribution is -2.60. The van der Waals surface area contributed by atoms with Crippen LogP contribution >= 0.6 is 0 Å². The maximum absolute atomic E-state index is 12.7. The molecule has 0 amide bonds. The molecule has 0 aromatic carbocycles. The zero-order valence-corrected chi connectivity index (χ0v) is 34.2. The standard InChI is InChI=1S/C43H80O11/c1-3-5-7-9-11-13-15-16-17-18-19-20-21-22-24-25-27-29-31-36(44)51-33-35(34-52-43-40(48)38(46)39(47)41(54-43)42(49)50)53-37(45)32-30-28-26-23-14-12-10-8-6-4-2/h35,38-41,43,46-48H,3-34H2,1-2H3,(H,49,50). The van der Waals surface area contributed by atoms with E-state index in [1.807, 2.05) is 0 Å². The van der Waals surface area contributed by atoms with Crippen LogP contribution < -0.4 is 0 Å². The number of rotatable bonds is 37. The van der Waals surface area contributed by atoms with Gasteiger partial charge in [-0.1, -0.05) is 181 Å². The number of aliphatic hydroxyl groups excluding tert-OH is 3. The third-order valence-corrected chi connectivity index (χ3v) is 10.5. The minimum atomic E-state index is -1.85. The molecule has 0 saturated carbocycles. The Bertz CT molecular complexity index is 916. The average molecular weight is 773 g/mol. The lowest BCUT2D eigenvalue weighted by molar-refractivity contribution is -0.298. The van der Waals surface area contributed by atoms with Gasteiger partial charge < -0.3 is 39.4 Å². The fourth-order valence-electron chi connectivity index (χ4n) is 6.94. The van der Waals surface area contributed by atoms with Gasteiger partial charge in [-0.3, -0.25) is 9.59 Å². The number of ether oxygens (including phenoxy) is 4. The molecule has 11 heteroatoms. The number of hydrogen-bond acceptors (Lipinski definition) is 10. The number of hydrogen-bond donors (Lipinski definition) is 4. The third-order valence-electron chi connectivity index (χ3n) is 10.5. The average Bonchev–Trinajstić information content (AvgIpc) is 3.15. The van der Waals surface area contributed by atoms with Gasteiger partial charge in [0.2, 0.25) is 0 Å². The highest BCUT2D eigenvalue weighted by molar-refractivity contribution is 5.73. The Kier molecular flexibility index (Phi) is 32.1. The summed E-state index contributed by atoms with van der Waals surface area (Å²) in [4.78, 5) is 36.7. The number of unbranched alkanes of at least 4 members (excludes halogenated alkanes) is 26. The maximum atomic E-state index is 12.7. The predicted octanol–water partition coefficient (Wildman–Crippen LogP) is 9.09. The maximum Gasteiger partial charge on any atom is 0.335 e. The van der Waals surface area contributed by atoms with Crippen LogP contribution in [0.1, 0.15) is 206 Å². The molecule has 54 heavy (non-hydrogen) atoms. The lowest BCUT2D eigenvalue weighted by Gasteiger charge is -2.38. The highest BCUT2D eigenvalue weighted by Crippen LogP contribution is 2.23. The molecule has 1 fully saturated rings. The Hall–Kier alpha value is -1.79. The summed E-state index contributed by atoms with van der Waals surface area (Å²) in [6.07, 6.45) is 24.5. The molecule has 0 spiro atoms. The van der Waals surface area contributed by atoms with Gasteiger partial charge in [-0.15, -0.1) is 0 Å². The van der Waals surface area contributed by atoms with Crippen molar-refractivity contribution in [1.82, 2.24) is 0 Å². The van der Waals surface area contributed by atoms with Crippen LogP contribution in [-0.4, -0.2) is 88.4 Å². The van der Waals surface area contributed by atoms with E-state index in [0.29, 0.717) is 12.8 Å². The molecule has 0 radical (unpaired) electrons. The van der Waals surface area contributed by atoms with Crippen molar-refractivity contribution in [3.8, 4) is 0 Å². The predicted molar refractivity (Wildman–Crippen MR) is 211 cm³/mol. The van der Waals surface area contributed by atoms with Crippen molar-refractivity contribution in [3.63, 3.8) is 0 Å². The van der Waals surface area contributed by atoms with Crippen LogP contribution in [-0.2, 0) is 33.3 Å². The molecule has 11 nitrogen and oxygen atoms in total. The fourth-order valence-corrected chi connectivity index (χ4v) is 6.94. The van der Waals surface area contributed by atoms with Crippen molar-refractivity contribution >= 4 is 17.9 Å². The molecule has 4 N–H and O–H groups in total. The number of aliphatic hydroxyl groups is 3. The van der Waals surface area contributed by atoms with Crippen molar-refractivity contribution in [3.05, 3.63) is 0 Å². The number of carbonyl (C=O) groups excluding carboxylic acids is 2. The number of carbonyl (C=O) groups is 3. The van der Waals surface area contributed by atoms with Crippen molar-refractivity contribution < 1.29 is 53.8 Å². The second kappa shape index (κ2) is 34.5. The molecule has 0 aromatic rings. The molecule has 318 valence electrons. The highest BCUT2D eigenvalue weighted by atomic mass is 16.7.